The maximum atomic E-state index is 14.5. The Kier molecular flexibility index (Phi) is 8.84. The van der Waals surface area contributed by atoms with Gasteiger partial charge in [-0.05, 0) is 54.4 Å². The third-order valence-electron chi connectivity index (χ3n) is 5.69. The van der Waals surface area contributed by atoms with Crippen molar-refractivity contribution in [1.82, 2.24) is 0 Å². The molecular formula is C26H23F6NO5S. The fraction of sp³-hybridized carbons (Fsp3) is 0.269. The van der Waals surface area contributed by atoms with Crippen molar-refractivity contribution in [2.75, 3.05) is 14.2 Å². The number of rotatable bonds is 9. The zero-order valence-electron chi connectivity index (χ0n) is 20.7. The van der Waals surface area contributed by atoms with E-state index in [4.69, 9.17) is 9.47 Å². The summed E-state index contributed by atoms with van der Waals surface area (Å²) in [6, 6.07) is 13.1. The van der Waals surface area contributed by atoms with Crippen molar-refractivity contribution in [3.63, 3.8) is 0 Å². The molecule has 0 radical (unpaired) electrons. The molecule has 0 saturated carbocycles. The highest BCUT2D eigenvalue weighted by Crippen LogP contribution is 2.46. The van der Waals surface area contributed by atoms with Gasteiger partial charge in [0.05, 0.1) is 19.9 Å². The first-order valence-corrected chi connectivity index (χ1v) is 12.6. The predicted octanol–water partition coefficient (Wildman–Crippen LogP) is 6.77. The Bertz CT molecular complexity index is 1320. The van der Waals surface area contributed by atoms with Crippen LogP contribution in [-0.4, -0.2) is 40.7 Å². The number of benzene rings is 3. The summed E-state index contributed by atoms with van der Waals surface area (Å²) in [5.41, 5.74) is -2.24. The minimum absolute atomic E-state index is 0.152. The molecule has 0 aliphatic rings. The van der Waals surface area contributed by atoms with Gasteiger partial charge in [-0.25, -0.2) is 0 Å². The highest BCUT2D eigenvalue weighted by atomic mass is 32.2. The van der Waals surface area contributed by atoms with Crippen LogP contribution in [0.5, 0.6) is 11.5 Å². The first-order chi connectivity index (χ1) is 18.2. The molecule has 0 spiro atoms. The fourth-order valence-corrected chi connectivity index (χ4v) is 4.50. The Morgan fingerprint density at radius 1 is 0.692 bits per heavy atom. The monoisotopic (exact) mass is 575 g/mol. The Morgan fingerprint density at radius 2 is 1.08 bits per heavy atom. The van der Waals surface area contributed by atoms with Crippen molar-refractivity contribution in [3.8, 4) is 11.5 Å². The molecule has 210 valence electrons. The van der Waals surface area contributed by atoms with E-state index < -0.39 is 56.0 Å². The second kappa shape index (κ2) is 11.6. The van der Waals surface area contributed by atoms with Crippen molar-refractivity contribution < 1.29 is 48.5 Å². The Hall–Kier alpha value is -3.74. The van der Waals surface area contributed by atoms with Crippen molar-refractivity contribution in [2.45, 2.75) is 36.0 Å². The molecule has 0 aliphatic heterocycles. The third kappa shape index (κ3) is 7.22. The minimum Gasteiger partial charge on any atom is -0.497 e. The van der Waals surface area contributed by atoms with Crippen LogP contribution >= 0.6 is 0 Å². The zero-order chi connectivity index (χ0) is 29.0. The molecule has 2 atom stereocenters. The van der Waals surface area contributed by atoms with Gasteiger partial charge in [0.1, 0.15) is 28.2 Å². The summed E-state index contributed by atoms with van der Waals surface area (Å²) in [5, 5.41) is 3.09. The summed E-state index contributed by atoms with van der Waals surface area (Å²) >= 11 is 0. The van der Waals surface area contributed by atoms with Gasteiger partial charge in [-0.2, -0.15) is 34.8 Å². The molecule has 0 fully saturated rings. The molecule has 2 unspecified atom stereocenters. The van der Waals surface area contributed by atoms with Gasteiger partial charge in [0.25, 0.3) is 0 Å². The minimum atomic E-state index is -5.33. The van der Waals surface area contributed by atoms with E-state index in [1.165, 1.54) is 26.4 Å². The zero-order valence-corrected chi connectivity index (χ0v) is 21.6. The van der Waals surface area contributed by atoms with Crippen LogP contribution < -0.4 is 9.47 Å². The van der Waals surface area contributed by atoms with Crippen molar-refractivity contribution >= 4 is 15.8 Å². The van der Waals surface area contributed by atoms with Gasteiger partial charge < -0.3 is 9.47 Å². The summed E-state index contributed by atoms with van der Waals surface area (Å²) in [4.78, 5) is -0.503. The molecule has 0 heterocycles. The van der Waals surface area contributed by atoms with Crippen LogP contribution in [0.25, 0.3) is 0 Å². The summed E-state index contributed by atoms with van der Waals surface area (Å²) in [6.45, 7) is 1.65. The van der Waals surface area contributed by atoms with Crippen molar-refractivity contribution in [2.24, 2.45) is 5.16 Å². The third-order valence-corrected chi connectivity index (χ3v) is 6.82. The summed E-state index contributed by atoms with van der Waals surface area (Å²) in [6.07, 6.45) is -10.7. The van der Waals surface area contributed by atoms with Gasteiger partial charge in [0.15, 0.2) is 0 Å². The SMILES string of the molecule is COc1ccc(C(C(=NOS(=O)(=O)c2ccc(C)cc2)C(c2ccc(OC)cc2)C(F)(F)F)C(F)(F)F)cc1. The molecule has 0 N–H and O–H groups in total. The van der Waals surface area contributed by atoms with Gasteiger partial charge in [-0.1, -0.05) is 47.1 Å². The standard InChI is InChI=1S/C26H23F6NO5S/c1-16-4-14-21(15-5-16)39(34,35)38-33-24(22(25(27,28)29)17-6-10-19(36-2)11-7-17)23(26(30,31)32)18-8-12-20(37-3)13-9-18/h4-15,22-23H,1-3H3. The fourth-order valence-electron chi connectivity index (χ4n) is 3.76. The van der Waals surface area contributed by atoms with Crippen LogP contribution in [-0.2, 0) is 14.4 Å². The number of alkyl halides is 6. The first kappa shape index (κ1) is 29.8. The lowest BCUT2D eigenvalue weighted by Gasteiger charge is -2.29. The van der Waals surface area contributed by atoms with E-state index in [-0.39, 0.29) is 11.5 Å². The molecular weight excluding hydrogens is 552 g/mol. The van der Waals surface area contributed by atoms with Crippen LogP contribution in [0, 0.1) is 6.92 Å². The second-order valence-corrected chi connectivity index (χ2v) is 9.88. The van der Waals surface area contributed by atoms with Crippen molar-refractivity contribution in [3.05, 3.63) is 89.5 Å². The number of methoxy groups -OCH3 is 2. The summed E-state index contributed by atoms with van der Waals surface area (Å²) in [5.74, 6) is -5.69. The van der Waals surface area contributed by atoms with Gasteiger partial charge in [-0.3, -0.25) is 4.28 Å². The first-order valence-electron chi connectivity index (χ1n) is 11.2. The second-order valence-electron chi connectivity index (χ2n) is 8.35. The lowest BCUT2D eigenvalue weighted by atomic mass is 9.82. The van der Waals surface area contributed by atoms with E-state index in [1.54, 1.807) is 6.92 Å². The van der Waals surface area contributed by atoms with Crippen LogP contribution in [0.2, 0.25) is 0 Å². The molecule has 0 bridgehead atoms. The van der Waals surface area contributed by atoms with E-state index in [9.17, 15) is 34.8 Å². The van der Waals surface area contributed by atoms with E-state index in [2.05, 4.69) is 9.44 Å². The molecule has 0 amide bonds. The topological polar surface area (TPSA) is 74.2 Å². The van der Waals surface area contributed by atoms with Crippen LogP contribution in [0.1, 0.15) is 28.5 Å². The molecule has 39 heavy (non-hydrogen) atoms. The Labute approximate surface area is 220 Å². The predicted molar refractivity (Wildman–Crippen MR) is 130 cm³/mol. The number of aryl methyl sites for hydroxylation is 1. The number of nitrogens with zero attached hydrogens (tertiary/aromatic N) is 1. The van der Waals surface area contributed by atoms with E-state index in [0.717, 1.165) is 60.7 Å². The molecule has 0 aliphatic carbocycles. The highest BCUT2D eigenvalue weighted by molar-refractivity contribution is 7.86. The quantitative estimate of drug-likeness (QED) is 0.160. The Morgan fingerprint density at radius 3 is 1.41 bits per heavy atom. The normalized spacial score (nSPS) is 13.8. The maximum absolute atomic E-state index is 14.5. The van der Waals surface area contributed by atoms with Crippen LogP contribution in [0.3, 0.4) is 0 Å². The molecule has 3 rings (SSSR count). The molecule has 0 saturated heterocycles. The van der Waals surface area contributed by atoms with Crippen LogP contribution in [0.4, 0.5) is 26.3 Å². The maximum Gasteiger partial charge on any atom is 0.401 e. The van der Waals surface area contributed by atoms with Gasteiger partial charge in [-0.15, -0.1) is 0 Å². The molecule has 3 aromatic rings. The van der Waals surface area contributed by atoms with Gasteiger partial charge >= 0.3 is 22.5 Å². The Balaban J connectivity index is 2.26. The highest BCUT2D eigenvalue weighted by Gasteiger charge is 2.54. The van der Waals surface area contributed by atoms with E-state index >= 15 is 0 Å². The number of hydrogen-bond donors (Lipinski definition) is 0. The summed E-state index contributed by atoms with van der Waals surface area (Å²) < 4.78 is 127. The average Bonchev–Trinajstić information content (AvgIpc) is 2.87. The largest absolute Gasteiger partial charge is 0.497 e. The lowest BCUT2D eigenvalue weighted by molar-refractivity contribution is -0.148. The molecule has 13 heteroatoms. The molecule has 6 nitrogen and oxygen atoms in total. The molecule has 0 aromatic heterocycles. The van der Waals surface area contributed by atoms with E-state index in [0.29, 0.717) is 5.56 Å². The van der Waals surface area contributed by atoms with Crippen molar-refractivity contribution in [1.29, 1.82) is 0 Å². The number of oxime groups is 1. The number of ether oxygens (including phenoxy) is 2. The lowest BCUT2D eigenvalue weighted by Crippen LogP contribution is -2.38. The smallest absolute Gasteiger partial charge is 0.401 e. The number of hydrogen-bond acceptors (Lipinski definition) is 6. The molecule has 3 aromatic carbocycles. The average molecular weight is 576 g/mol. The number of halogens is 6. The van der Waals surface area contributed by atoms with Crippen LogP contribution in [0.15, 0.2) is 82.8 Å². The van der Waals surface area contributed by atoms with Gasteiger partial charge in [0.2, 0.25) is 0 Å². The van der Waals surface area contributed by atoms with E-state index in [1.807, 2.05) is 0 Å². The summed E-state index contributed by atoms with van der Waals surface area (Å²) in [7, 11) is -2.36. The van der Waals surface area contributed by atoms with Gasteiger partial charge in [0, 0.05) is 0 Å².